The SMILES string of the molecule is Cc1ccc(S(=O)(=O)n2cc(C3CCC3)c3c4c(cnc32)CNCC4)cc1. The van der Waals surface area contributed by atoms with Gasteiger partial charge in [-0.2, -0.15) is 0 Å². The first-order chi connectivity index (χ1) is 13.1. The molecule has 0 atom stereocenters. The molecule has 3 heterocycles. The molecule has 0 saturated heterocycles. The first-order valence-corrected chi connectivity index (χ1v) is 11.0. The number of nitrogens with one attached hydrogen (secondary N) is 1. The van der Waals surface area contributed by atoms with Crippen molar-refractivity contribution >= 4 is 21.1 Å². The van der Waals surface area contributed by atoms with Crippen LogP contribution in [0.25, 0.3) is 11.0 Å². The molecule has 140 valence electrons. The third-order valence-corrected chi connectivity index (χ3v) is 7.66. The van der Waals surface area contributed by atoms with Crippen molar-refractivity contribution < 1.29 is 8.42 Å². The van der Waals surface area contributed by atoms with Crippen LogP contribution >= 0.6 is 0 Å². The van der Waals surface area contributed by atoms with Gasteiger partial charge in [0.25, 0.3) is 10.0 Å². The van der Waals surface area contributed by atoms with E-state index in [0.29, 0.717) is 16.5 Å². The van der Waals surface area contributed by atoms with Gasteiger partial charge in [-0.05, 0) is 67.5 Å². The van der Waals surface area contributed by atoms with Crippen LogP contribution in [0.4, 0.5) is 0 Å². The summed E-state index contributed by atoms with van der Waals surface area (Å²) in [5.41, 5.74) is 5.26. The van der Waals surface area contributed by atoms with Crippen LogP contribution in [0.1, 0.15) is 47.4 Å². The van der Waals surface area contributed by atoms with Gasteiger partial charge in [-0.25, -0.2) is 17.4 Å². The third kappa shape index (κ3) is 2.62. The Bertz CT molecular complexity index is 1130. The van der Waals surface area contributed by atoms with Crippen molar-refractivity contribution in [1.29, 1.82) is 0 Å². The quantitative estimate of drug-likeness (QED) is 0.754. The fourth-order valence-corrected chi connectivity index (χ4v) is 5.54. The second-order valence-corrected chi connectivity index (χ2v) is 9.53. The zero-order chi connectivity index (χ0) is 18.6. The summed E-state index contributed by atoms with van der Waals surface area (Å²) in [6.45, 7) is 3.68. The first kappa shape index (κ1) is 17.0. The van der Waals surface area contributed by atoms with Crippen LogP contribution in [0.2, 0.25) is 0 Å². The summed E-state index contributed by atoms with van der Waals surface area (Å²) >= 11 is 0. The molecule has 6 heteroatoms. The lowest BCUT2D eigenvalue weighted by atomic mass is 9.79. The third-order valence-electron chi connectivity index (χ3n) is 6.00. The van der Waals surface area contributed by atoms with Crippen LogP contribution in [0.5, 0.6) is 0 Å². The van der Waals surface area contributed by atoms with Crippen LogP contribution in [0.15, 0.2) is 41.6 Å². The standard InChI is InChI=1S/C21H23N3O2S/c1-14-5-7-17(8-6-14)27(25,26)24-13-19(15-3-2-4-15)20-18-9-10-22-11-16(18)12-23-21(20)24/h5-8,12-13,15,22H,2-4,9-11H2,1H3. The van der Waals surface area contributed by atoms with E-state index in [-0.39, 0.29) is 0 Å². The van der Waals surface area contributed by atoms with E-state index in [1.54, 1.807) is 12.1 Å². The summed E-state index contributed by atoms with van der Waals surface area (Å²) in [5, 5.41) is 4.46. The smallest absolute Gasteiger partial charge is 0.269 e. The maximum Gasteiger partial charge on any atom is 0.269 e. The lowest BCUT2D eigenvalue weighted by molar-refractivity contribution is 0.421. The van der Waals surface area contributed by atoms with E-state index in [1.807, 2.05) is 31.5 Å². The van der Waals surface area contributed by atoms with E-state index in [2.05, 4.69) is 10.3 Å². The summed E-state index contributed by atoms with van der Waals surface area (Å²) in [6, 6.07) is 7.04. The Labute approximate surface area is 159 Å². The van der Waals surface area contributed by atoms with Gasteiger partial charge in [0, 0.05) is 24.3 Å². The largest absolute Gasteiger partial charge is 0.312 e. The molecule has 2 aliphatic rings. The van der Waals surface area contributed by atoms with Crippen molar-refractivity contribution in [2.45, 2.75) is 50.0 Å². The highest BCUT2D eigenvalue weighted by Gasteiger charge is 2.30. The molecule has 5 rings (SSSR count). The number of rotatable bonds is 3. The van der Waals surface area contributed by atoms with Crippen LogP contribution in [-0.4, -0.2) is 23.9 Å². The molecular formula is C21H23N3O2S. The Hall–Kier alpha value is -2.18. The summed E-state index contributed by atoms with van der Waals surface area (Å²) in [4.78, 5) is 4.92. The molecular weight excluding hydrogens is 358 g/mol. The van der Waals surface area contributed by atoms with Crippen molar-refractivity contribution in [3.63, 3.8) is 0 Å². The molecule has 0 bridgehead atoms. The van der Waals surface area contributed by atoms with E-state index in [1.165, 1.54) is 21.5 Å². The highest BCUT2D eigenvalue weighted by atomic mass is 32.2. The number of hydrogen-bond donors (Lipinski definition) is 1. The number of pyridine rings is 1. The van der Waals surface area contributed by atoms with Gasteiger partial charge in [0.2, 0.25) is 0 Å². The van der Waals surface area contributed by atoms with E-state index >= 15 is 0 Å². The maximum atomic E-state index is 13.4. The molecule has 3 aromatic rings. The molecule has 1 saturated carbocycles. The van der Waals surface area contributed by atoms with Gasteiger partial charge >= 0.3 is 0 Å². The Balaban J connectivity index is 1.77. The number of aromatic nitrogens is 2. The zero-order valence-electron chi connectivity index (χ0n) is 15.4. The number of nitrogens with zero attached hydrogens (tertiary/aromatic N) is 2. The average molecular weight is 382 g/mol. The van der Waals surface area contributed by atoms with E-state index in [9.17, 15) is 8.42 Å². The highest BCUT2D eigenvalue weighted by molar-refractivity contribution is 7.90. The van der Waals surface area contributed by atoms with Gasteiger partial charge in [-0.15, -0.1) is 0 Å². The van der Waals surface area contributed by atoms with E-state index < -0.39 is 10.0 Å². The predicted octanol–water partition coefficient (Wildman–Crippen LogP) is 3.49. The molecule has 1 aromatic carbocycles. The van der Waals surface area contributed by atoms with Crippen LogP contribution in [-0.2, 0) is 23.0 Å². The van der Waals surface area contributed by atoms with Gasteiger partial charge in [0.05, 0.1) is 4.90 Å². The molecule has 0 unspecified atom stereocenters. The summed E-state index contributed by atoms with van der Waals surface area (Å²) < 4.78 is 28.2. The van der Waals surface area contributed by atoms with Crippen molar-refractivity contribution in [3.05, 3.63) is 58.9 Å². The molecule has 0 amide bonds. The molecule has 1 N–H and O–H groups in total. The molecule has 27 heavy (non-hydrogen) atoms. The molecule has 2 aromatic heterocycles. The Kier molecular flexibility index (Phi) is 3.88. The molecule has 5 nitrogen and oxygen atoms in total. The first-order valence-electron chi connectivity index (χ1n) is 9.60. The summed E-state index contributed by atoms with van der Waals surface area (Å²) in [7, 11) is -3.67. The normalized spacial score (nSPS) is 17.7. The maximum absolute atomic E-state index is 13.4. The van der Waals surface area contributed by atoms with Gasteiger partial charge in [0.15, 0.2) is 5.65 Å². The van der Waals surface area contributed by atoms with Gasteiger partial charge in [-0.1, -0.05) is 24.1 Å². The number of aryl methyl sites for hydroxylation is 1. The molecule has 0 radical (unpaired) electrons. The minimum Gasteiger partial charge on any atom is -0.312 e. The number of fused-ring (bicyclic) bond motifs is 3. The monoisotopic (exact) mass is 381 g/mol. The van der Waals surface area contributed by atoms with Crippen molar-refractivity contribution in [2.24, 2.45) is 0 Å². The van der Waals surface area contributed by atoms with Gasteiger partial charge in [-0.3, -0.25) is 0 Å². The van der Waals surface area contributed by atoms with E-state index in [4.69, 9.17) is 0 Å². The van der Waals surface area contributed by atoms with Gasteiger partial charge < -0.3 is 5.32 Å². The van der Waals surface area contributed by atoms with Crippen molar-refractivity contribution in [1.82, 2.24) is 14.3 Å². The fourth-order valence-electron chi connectivity index (χ4n) is 4.21. The second-order valence-electron chi connectivity index (χ2n) is 7.71. The minimum atomic E-state index is -3.67. The Morgan fingerprint density at radius 1 is 1.19 bits per heavy atom. The number of hydrogen-bond acceptors (Lipinski definition) is 4. The van der Waals surface area contributed by atoms with Crippen LogP contribution < -0.4 is 5.32 Å². The van der Waals surface area contributed by atoms with Crippen LogP contribution in [0.3, 0.4) is 0 Å². The Morgan fingerprint density at radius 3 is 2.67 bits per heavy atom. The minimum absolute atomic E-state index is 0.311. The zero-order valence-corrected chi connectivity index (χ0v) is 16.2. The average Bonchev–Trinajstić information content (AvgIpc) is 3.01. The topological polar surface area (TPSA) is 64.0 Å². The molecule has 0 spiro atoms. The lowest BCUT2D eigenvalue weighted by Gasteiger charge is -2.26. The second kappa shape index (κ2) is 6.17. The van der Waals surface area contributed by atoms with Crippen molar-refractivity contribution in [2.75, 3.05) is 6.54 Å². The molecule has 1 fully saturated rings. The lowest BCUT2D eigenvalue weighted by Crippen LogP contribution is -2.24. The van der Waals surface area contributed by atoms with Crippen LogP contribution in [0, 0.1) is 6.92 Å². The summed E-state index contributed by atoms with van der Waals surface area (Å²) in [5.74, 6) is 0.449. The predicted molar refractivity (Wildman–Crippen MR) is 105 cm³/mol. The van der Waals surface area contributed by atoms with Crippen molar-refractivity contribution in [3.8, 4) is 0 Å². The van der Waals surface area contributed by atoms with Gasteiger partial charge in [0.1, 0.15) is 0 Å². The fraction of sp³-hybridized carbons (Fsp3) is 0.381. The number of benzene rings is 1. The Morgan fingerprint density at radius 2 is 1.96 bits per heavy atom. The summed E-state index contributed by atoms with van der Waals surface area (Å²) in [6.07, 6.45) is 8.08. The molecule has 1 aliphatic carbocycles. The molecule has 1 aliphatic heterocycles. The van der Waals surface area contributed by atoms with E-state index in [0.717, 1.165) is 48.9 Å². The highest BCUT2D eigenvalue weighted by Crippen LogP contribution is 2.42.